The Morgan fingerprint density at radius 3 is 2.77 bits per heavy atom. The van der Waals surface area contributed by atoms with Crippen molar-refractivity contribution in [3.8, 4) is 0 Å². The molecule has 1 amide bonds. The SMILES string of the molecule is Cc1cc2ccccc2n1CCCNC(=O)c1cc(Cl)ccc1[N+](=O)[O-]. The molecule has 0 saturated carbocycles. The Morgan fingerprint density at radius 2 is 2.00 bits per heavy atom. The largest absolute Gasteiger partial charge is 0.352 e. The number of nitro groups is 1. The highest BCUT2D eigenvalue weighted by atomic mass is 35.5. The number of benzene rings is 2. The number of amides is 1. The van der Waals surface area contributed by atoms with Crippen molar-refractivity contribution >= 4 is 34.1 Å². The fourth-order valence-electron chi connectivity index (χ4n) is 3.03. The van der Waals surface area contributed by atoms with Crippen LogP contribution in [0.2, 0.25) is 5.02 Å². The number of nitrogens with zero attached hydrogens (tertiary/aromatic N) is 2. The van der Waals surface area contributed by atoms with Crippen LogP contribution in [0.25, 0.3) is 10.9 Å². The van der Waals surface area contributed by atoms with Crippen molar-refractivity contribution in [3.63, 3.8) is 0 Å². The predicted octanol–water partition coefficient (Wildman–Crippen LogP) is 4.33. The van der Waals surface area contributed by atoms with Crippen molar-refractivity contribution in [1.82, 2.24) is 9.88 Å². The van der Waals surface area contributed by atoms with Crippen molar-refractivity contribution < 1.29 is 9.72 Å². The van der Waals surface area contributed by atoms with E-state index in [9.17, 15) is 14.9 Å². The van der Waals surface area contributed by atoms with Gasteiger partial charge in [-0.3, -0.25) is 14.9 Å². The monoisotopic (exact) mass is 371 g/mol. The lowest BCUT2D eigenvalue weighted by atomic mass is 10.1. The number of para-hydroxylation sites is 1. The number of nitrogens with one attached hydrogen (secondary N) is 1. The fourth-order valence-corrected chi connectivity index (χ4v) is 3.20. The number of aromatic nitrogens is 1. The molecule has 0 saturated heterocycles. The van der Waals surface area contributed by atoms with Crippen molar-refractivity contribution in [2.75, 3.05) is 6.54 Å². The molecule has 0 radical (unpaired) electrons. The van der Waals surface area contributed by atoms with Gasteiger partial charge in [0.2, 0.25) is 0 Å². The maximum Gasteiger partial charge on any atom is 0.282 e. The maximum absolute atomic E-state index is 12.3. The van der Waals surface area contributed by atoms with E-state index in [1.165, 1.54) is 23.6 Å². The topological polar surface area (TPSA) is 77.2 Å². The average Bonchev–Trinajstić information content (AvgIpc) is 2.93. The molecule has 26 heavy (non-hydrogen) atoms. The third-order valence-corrected chi connectivity index (χ3v) is 4.50. The second-order valence-electron chi connectivity index (χ2n) is 6.02. The van der Waals surface area contributed by atoms with Gasteiger partial charge in [-0.25, -0.2) is 0 Å². The molecule has 0 spiro atoms. The second-order valence-corrected chi connectivity index (χ2v) is 6.46. The van der Waals surface area contributed by atoms with Gasteiger partial charge in [0.15, 0.2) is 0 Å². The van der Waals surface area contributed by atoms with E-state index in [4.69, 9.17) is 11.6 Å². The summed E-state index contributed by atoms with van der Waals surface area (Å²) in [6.07, 6.45) is 0.708. The molecule has 3 aromatic rings. The number of hydrogen-bond donors (Lipinski definition) is 1. The van der Waals surface area contributed by atoms with Crippen molar-refractivity contribution in [1.29, 1.82) is 0 Å². The highest BCUT2D eigenvalue weighted by Crippen LogP contribution is 2.23. The lowest BCUT2D eigenvalue weighted by Crippen LogP contribution is -2.26. The Balaban J connectivity index is 1.63. The van der Waals surface area contributed by atoms with Crippen LogP contribution < -0.4 is 5.32 Å². The lowest BCUT2D eigenvalue weighted by molar-refractivity contribution is -0.385. The van der Waals surface area contributed by atoms with E-state index in [0.717, 1.165) is 17.8 Å². The van der Waals surface area contributed by atoms with E-state index in [1.54, 1.807) is 0 Å². The molecule has 134 valence electrons. The zero-order valence-corrected chi connectivity index (χ0v) is 15.0. The highest BCUT2D eigenvalue weighted by molar-refractivity contribution is 6.31. The van der Waals surface area contributed by atoms with E-state index in [-0.39, 0.29) is 16.3 Å². The molecule has 0 aliphatic rings. The van der Waals surface area contributed by atoms with Gasteiger partial charge in [0.1, 0.15) is 5.56 Å². The fraction of sp³-hybridized carbons (Fsp3) is 0.211. The normalized spacial score (nSPS) is 10.8. The standard InChI is InChI=1S/C19H18ClN3O3/c1-13-11-14-5-2-3-6-17(14)22(13)10-4-9-21-19(24)16-12-15(20)7-8-18(16)23(25)26/h2-3,5-8,11-12H,4,9-10H2,1H3,(H,21,24). The molecule has 2 aromatic carbocycles. The molecular formula is C19H18ClN3O3. The maximum atomic E-state index is 12.3. The van der Waals surface area contributed by atoms with Crippen LogP contribution in [0.15, 0.2) is 48.5 Å². The number of aryl methyl sites for hydroxylation is 2. The lowest BCUT2D eigenvalue weighted by Gasteiger charge is -2.10. The van der Waals surface area contributed by atoms with Crippen LogP contribution in [0.1, 0.15) is 22.5 Å². The third kappa shape index (κ3) is 3.70. The van der Waals surface area contributed by atoms with Crippen LogP contribution in [0, 0.1) is 17.0 Å². The highest BCUT2D eigenvalue weighted by Gasteiger charge is 2.20. The van der Waals surface area contributed by atoms with Gasteiger partial charge in [-0.05, 0) is 43.0 Å². The summed E-state index contributed by atoms with van der Waals surface area (Å²) >= 11 is 5.86. The smallest absolute Gasteiger partial charge is 0.282 e. The van der Waals surface area contributed by atoms with E-state index < -0.39 is 10.8 Å². The molecule has 7 heteroatoms. The predicted molar refractivity (Wildman–Crippen MR) is 102 cm³/mol. The van der Waals surface area contributed by atoms with E-state index in [1.807, 2.05) is 19.1 Å². The summed E-state index contributed by atoms with van der Waals surface area (Å²) in [6, 6.07) is 14.2. The molecular weight excluding hydrogens is 354 g/mol. The first kappa shape index (κ1) is 17.9. The number of carbonyl (C=O) groups excluding carboxylic acids is 1. The molecule has 0 bridgehead atoms. The van der Waals surface area contributed by atoms with Crippen LogP contribution in [0.5, 0.6) is 0 Å². The Kier molecular flexibility index (Phi) is 5.23. The summed E-state index contributed by atoms with van der Waals surface area (Å²) in [7, 11) is 0. The van der Waals surface area contributed by atoms with Gasteiger partial charge >= 0.3 is 0 Å². The van der Waals surface area contributed by atoms with Gasteiger partial charge < -0.3 is 9.88 Å². The number of fused-ring (bicyclic) bond motifs is 1. The molecule has 0 aliphatic heterocycles. The van der Waals surface area contributed by atoms with Gasteiger partial charge in [-0.15, -0.1) is 0 Å². The molecule has 1 N–H and O–H groups in total. The quantitative estimate of drug-likeness (QED) is 0.398. The van der Waals surface area contributed by atoms with E-state index in [0.29, 0.717) is 13.0 Å². The van der Waals surface area contributed by atoms with Gasteiger partial charge in [0.05, 0.1) is 4.92 Å². The van der Waals surface area contributed by atoms with Gasteiger partial charge in [-0.1, -0.05) is 29.8 Å². The molecule has 0 unspecified atom stereocenters. The van der Waals surface area contributed by atoms with Crippen molar-refractivity contribution in [2.24, 2.45) is 0 Å². The van der Waals surface area contributed by atoms with Crippen molar-refractivity contribution in [3.05, 3.63) is 74.9 Å². The van der Waals surface area contributed by atoms with Gasteiger partial charge in [0.25, 0.3) is 11.6 Å². The molecule has 0 aliphatic carbocycles. The number of nitro benzene ring substituents is 1. The minimum Gasteiger partial charge on any atom is -0.352 e. The Hall–Kier alpha value is -2.86. The Morgan fingerprint density at radius 1 is 1.23 bits per heavy atom. The molecule has 6 nitrogen and oxygen atoms in total. The minimum atomic E-state index is -0.583. The summed E-state index contributed by atoms with van der Waals surface area (Å²) in [6.45, 7) is 3.21. The minimum absolute atomic E-state index is 0.0231. The number of carbonyl (C=O) groups is 1. The summed E-state index contributed by atoms with van der Waals surface area (Å²) in [5.74, 6) is -0.492. The van der Waals surface area contributed by atoms with Crippen LogP contribution in [-0.4, -0.2) is 21.9 Å². The first-order valence-electron chi connectivity index (χ1n) is 8.24. The van der Waals surface area contributed by atoms with Crippen LogP contribution >= 0.6 is 11.6 Å². The molecule has 0 fully saturated rings. The van der Waals surface area contributed by atoms with Crippen LogP contribution in [0.4, 0.5) is 5.69 Å². The summed E-state index contributed by atoms with van der Waals surface area (Å²) in [5, 5.41) is 15.3. The van der Waals surface area contributed by atoms with Crippen LogP contribution in [-0.2, 0) is 6.54 Å². The first-order chi connectivity index (χ1) is 12.5. The molecule has 3 rings (SSSR count). The van der Waals surface area contributed by atoms with Crippen LogP contribution in [0.3, 0.4) is 0 Å². The number of hydrogen-bond acceptors (Lipinski definition) is 3. The average molecular weight is 372 g/mol. The first-order valence-corrected chi connectivity index (χ1v) is 8.62. The summed E-state index contributed by atoms with van der Waals surface area (Å²) in [5.41, 5.74) is 2.04. The molecule has 1 aromatic heterocycles. The molecule has 1 heterocycles. The number of halogens is 1. The zero-order valence-electron chi connectivity index (χ0n) is 14.2. The molecule has 0 atom stereocenters. The number of rotatable bonds is 6. The Labute approximate surface area is 155 Å². The van der Waals surface area contributed by atoms with Gasteiger partial charge in [-0.2, -0.15) is 0 Å². The van der Waals surface area contributed by atoms with E-state index in [2.05, 4.69) is 28.1 Å². The zero-order chi connectivity index (χ0) is 18.7. The second kappa shape index (κ2) is 7.58. The summed E-state index contributed by atoms with van der Waals surface area (Å²) in [4.78, 5) is 22.8. The Bertz CT molecular complexity index is 981. The van der Waals surface area contributed by atoms with E-state index >= 15 is 0 Å². The van der Waals surface area contributed by atoms with Gasteiger partial charge in [0, 0.05) is 35.4 Å². The third-order valence-electron chi connectivity index (χ3n) is 4.26. The van der Waals surface area contributed by atoms with Crippen molar-refractivity contribution in [2.45, 2.75) is 19.9 Å². The summed E-state index contributed by atoms with van der Waals surface area (Å²) < 4.78 is 2.20.